The first-order valence-electron chi connectivity index (χ1n) is 6.41. The molecule has 2 aromatic carbocycles. The monoisotopic (exact) mass is 356 g/mol. The maximum Gasteiger partial charge on any atom is 0.387 e. The van der Waals surface area contributed by atoms with Crippen molar-refractivity contribution in [2.75, 3.05) is 7.11 Å². The van der Waals surface area contributed by atoms with Gasteiger partial charge in [-0.1, -0.05) is 46.3 Å². The first-order chi connectivity index (χ1) is 10.1. The topological polar surface area (TPSA) is 18.5 Å². The molecule has 0 aromatic heterocycles. The van der Waals surface area contributed by atoms with Gasteiger partial charge in [-0.2, -0.15) is 8.78 Å². The number of halogens is 3. The molecule has 0 aliphatic carbocycles. The van der Waals surface area contributed by atoms with Gasteiger partial charge >= 0.3 is 6.61 Å². The Morgan fingerprint density at radius 1 is 1.10 bits per heavy atom. The van der Waals surface area contributed by atoms with E-state index in [4.69, 9.17) is 4.74 Å². The maximum absolute atomic E-state index is 12.4. The molecule has 0 aliphatic heterocycles. The second-order valence-electron chi connectivity index (χ2n) is 4.44. The number of methoxy groups -OCH3 is 1. The van der Waals surface area contributed by atoms with Crippen LogP contribution in [0.1, 0.15) is 16.0 Å². The molecular weight excluding hydrogens is 342 g/mol. The molecule has 0 saturated carbocycles. The summed E-state index contributed by atoms with van der Waals surface area (Å²) >= 11 is 3.54. The number of hydrogen-bond donors (Lipinski definition) is 0. The highest BCUT2D eigenvalue weighted by Crippen LogP contribution is 2.34. The van der Waals surface area contributed by atoms with E-state index in [9.17, 15) is 8.78 Å². The fourth-order valence-corrected chi connectivity index (χ4v) is 2.81. The number of rotatable bonds is 6. The van der Waals surface area contributed by atoms with Gasteiger partial charge in [-0.3, -0.25) is 0 Å². The van der Waals surface area contributed by atoms with Gasteiger partial charge in [0, 0.05) is 10.4 Å². The third kappa shape index (κ3) is 4.43. The molecule has 0 heterocycles. The van der Waals surface area contributed by atoms with Crippen molar-refractivity contribution in [3.63, 3.8) is 0 Å². The summed E-state index contributed by atoms with van der Waals surface area (Å²) in [5.41, 5.74) is 1.74. The molecule has 112 valence electrons. The summed E-state index contributed by atoms with van der Waals surface area (Å²) in [6.45, 7) is -2.83. The van der Waals surface area contributed by atoms with Crippen LogP contribution < -0.4 is 9.47 Å². The molecule has 0 aliphatic rings. The lowest BCUT2D eigenvalue weighted by Gasteiger charge is -2.15. The minimum atomic E-state index is -2.83. The fourth-order valence-electron chi connectivity index (χ4n) is 2.06. The van der Waals surface area contributed by atoms with Gasteiger partial charge < -0.3 is 9.47 Å². The molecule has 1 atom stereocenters. The van der Waals surface area contributed by atoms with Crippen LogP contribution in [0, 0.1) is 0 Å². The van der Waals surface area contributed by atoms with Gasteiger partial charge in [-0.15, -0.1) is 0 Å². The lowest BCUT2D eigenvalue weighted by atomic mass is 10.0. The van der Waals surface area contributed by atoms with Gasteiger partial charge in [0.1, 0.15) is 11.5 Å². The van der Waals surface area contributed by atoms with E-state index in [0.717, 1.165) is 11.3 Å². The number of hydrogen-bond acceptors (Lipinski definition) is 2. The zero-order valence-corrected chi connectivity index (χ0v) is 13.0. The Morgan fingerprint density at radius 2 is 1.86 bits per heavy atom. The highest BCUT2D eigenvalue weighted by atomic mass is 79.9. The van der Waals surface area contributed by atoms with E-state index < -0.39 is 6.61 Å². The summed E-state index contributed by atoms with van der Waals surface area (Å²) in [6.07, 6.45) is 0.640. The molecule has 2 nitrogen and oxygen atoms in total. The normalized spacial score (nSPS) is 12.2. The Labute approximate surface area is 130 Å². The van der Waals surface area contributed by atoms with Crippen LogP contribution in [0.4, 0.5) is 8.78 Å². The maximum atomic E-state index is 12.4. The molecule has 0 fully saturated rings. The quantitative estimate of drug-likeness (QED) is 0.680. The summed E-state index contributed by atoms with van der Waals surface area (Å²) in [7, 11) is 1.61. The van der Waals surface area contributed by atoms with E-state index in [-0.39, 0.29) is 10.6 Å². The van der Waals surface area contributed by atoms with E-state index in [2.05, 4.69) is 20.7 Å². The van der Waals surface area contributed by atoms with Crippen molar-refractivity contribution in [3.05, 3.63) is 59.7 Å². The highest BCUT2D eigenvalue weighted by molar-refractivity contribution is 9.09. The number of ether oxygens (including phenoxy) is 2. The standard InChI is InChI=1S/C16H15BrF2O2/c1-20-12-6-4-5-11(9-12)10-14(17)13-7-2-3-8-15(13)21-16(18)19/h2-9,14,16H,10H2,1H3. The van der Waals surface area contributed by atoms with E-state index >= 15 is 0 Å². The van der Waals surface area contributed by atoms with Gasteiger partial charge in [-0.25, -0.2) is 0 Å². The van der Waals surface area contributed by atoms with Crippen LogP contribution in [0.5, 0.6) is 11.5 Å². The van der Waals surface area contributed by atoms with Crippen molar-refractivity contribution in [3.8, 4) is 11.5 Å². The van der Waals surface area contributed by atoms with Crippen LogP contribution in [0.3, 0.4) is 0 Å². The zero-order chi connectivity index (χ0) is 15.2. The van der Waals surface area contributed by atoms with Crippen LogP contribution >= 0.6 is 15.9 Å². The predicted molar refractivity (Wildman–Crippen MR) is 81.4 cm³/mol. The summed E-state index contributed by atoms with van der Waals surface area (Å²) in [6, 6.07) is 14.4. The van der Waals surface area contributed by atoms with Gasteiger partial charge in [0.05, 0.1) is 7.11 Å². The van der Waals surface area contributed by atoms with Gasteiger partial charge in [0.25, 0.3) is 0 Å². The van der Waals surface area contributed by atoms with Gasteiger partial charge in [0.2, 0.25) is 0 Å². The first-order valence-corrected chi connectivity index (χ1v) is 7.32. The number of alkyl halides is 3. The molecule has 1 unspecified atom stereocenters. The molecule has 5 heteroatoms. The zero-order valence-electron chi connectivity index (χ0n) is 11.4. The van der Waals surface area contributed by atoms with E-state index in [1.54, 1.807) is 31.4 Å². The van der Waals surface area contributed by atoms with Crippen LogP contribution in [0.2, 0.25) is 0 Å². The molecule has 0 spiro atoms. The SMILES string of the molecule is COc1cccc(CC(Br)c2ccccc2OC(F)F)c1. The molecule has 2 rings (SSSR count). The second-order valence-corrected chi connectivity index (χ2v) is 5.54. The molecule has 2 aromatic rings. The average Bonchev–Trinajstić information content (AvgIpc) is 2.47. The third-order valence-corrected chi connectivity index (χ3v) is 3.84. The van der Waals surface area contributed by atoms with E-state index in [1.807, 2.05) is 24.3 Å². The van der Waals surface area contributed by atoms with Crippen LogP contribution in [0.15, 0.2) is 48.5 Å². The second kappa shape index (κ2) is 7.41. The number of benzene rings is 2. The predicted octanol–water partition coefficient (Wildman–Crippen LogP) is 4.98. The fraction of sp³-hybridized carbons (Fsp3) is 0.250. The summed E-state index contributed by atoms with van der Waals surface area (Å²) in [5, 5.41) is 0. The molecule has 0 amide bonds. The Hall–Kier alpha value is -1.62. The summed E-state index contributed by atoms with van der Waals surface area (Å²) < 4.78 is 34.6. The Morgan fingerprint density at radius 3 is 2.57 bits per heavy atom. The van der Waals surface area contributed by atoms with Crippen molar-refractivity contribution < 1.29 is 18.3 Å². The van der Waals surface area contributed by atoms with E-state index in [1.165, 1.54) is 0 Å². The summed E-state index contributed by atoms with van der Waals surface area (Å²) in [5.74, 6) is 0.960. The Kier molecular flexibility index (Phi) is 5.56. The molecule has 0 N–H and O–H groups in total. The Bertz CT molecular complexity index is 590. The largest absolute Gasteiger partial charge is 0.497 e. The minimum absolute atomic E-state index is 0.125. The lowest BCUT2D eigenvalue weighted by molar-refractivity contribution is -0.0504. The van der Waals surface area contributed by atoms with Crippen molar-refractivity contribution in [2.24, 2.45) is 0 Å². The van der Waals surface area contributed by atoms with Crippen molar-refractivity contribution in [1.82, 2.24) is 0 Å². The average molecular weight is 357 g/mol. The smallest absolute Gasteiger partial charge is 0.387 e. The molecule has 0 saturated heterocycles. The van der Waals surface area contributed by atoms with Crippen LogP contribution in [-0.4, -0.2) is 13.7 Å². The van der Waals surface area contributed by atoms with E-state index in [0.29, 0.717) is 12.0 Å². The highest BCUT2D eigenvalue weighted by Gasteiger charge is 2.16. The van der Waals surface area contributed by atoms with Gasteiger partial charge in [-0.05, 0) is 30.2 Å². The molecule has 0 bridgehead atoms. The van der Waals surface area contributed by atoms with Gasteiger partial charge in [0.15, 0.2) is 0 Å². The third-order valence-electron chi connectivity index (χ3n) is 3.02. The minimum Gasteiger partial charge on any atom is -0.497 e. The first kappa shape index (κ1) is 15.8. The van der Waals surface area contributed by atoms with Crippen LogP contribution in [0.25, 0.3) is 0 Å². The van der Waals surface area contributed by atoms with Crippen LogP contribution in [-0.2, 0) is 6.42 Å². The Balaban J connectivity index is 2.17. The van der Waals surface area contributed by atoms with Crippen molar-refractivity contribution in [2.45, 2.75) is 17.9 Å². The lowest BCUT2D eigenvalue weighted by Crippen LogP contribution is -2.06. The molecular formula is C16H15BrF2O2. The molecule has 21 heavy (non-hydrogen) atoms. The number of para-hydroxylation sites is 1. The van der Waals surface area contributed by atoms with Crippen molar-refractivity contribution >= 4 is 15.9 Å². The van der Waals surface area contributed by atoms with Crippen molar-refractivity contribution in [1.29, 1.82) is 0 Å². The molecule has 0 radical (unpaired) electrons. The summed E-state index contributed by atoms with van der Waals surface area (Å²) in [4.78, 5) is -0.125.